The van der Waals surface area contributed by atoms with E-state index >= 15 is 0 Å². The molecule has 1 aromatic carbocycles. The number of carboxylic acids is 1. The summed E-state index contributed by atoms with van der Waals surface area (Å²) in [5, 5.41) is 14.4. The van der Waals surface area contributed by atoms with Gasteiger partial charge in [-0.15, -0.1) is 0 Å². The first kappa shape index (κ1) is 20.5. The topological polar surface area (TPSA) is 96.3 Å². The molecule has 1 heterocycles. The summed E-state index contributed by atoms with van der Waals surface area (Å²) in [4.78, 5) is 27.4. The molecule has 146 valence electrons. The molecule has 0 aliphatic carbocycles. The summed E-state index contributed by atoms with van der Waals surface area (Å²) in [7, 11) is 0. The zero-order valence-corrected chi connectivity index (χ0v) is 16.3. The molecule has 0 saturated heterocycles. The van der Waals surface area contributed by atoms with Gasteiger partial charge >= 0.3 is 12.0 Å². The quantitative estimate of drug-likeness (QED) is 0.656. The monoisotopic (exact) mass is 372 g/mol. The molecule has 2 aromatic rings. The van der Waals surface area contributed by atoms with Crippen LogP contribution in [0.5, 0.6) is 0 Å². The molecule has 27 heavy (non-hydrogen) atoms. The molecule has 0 atom stereocenters. The minimum Gasteiger partial charge on any atom is -0.481 e. The van der Waals surface area contributed by atoms with Crippen molar-refractivity contribution >= 4 is 17.7 Å². The van der Waals surface area contributed by atoms with Crippen molar-refractivity contribution in [3.05, 3.63) is 48.0 Å². The van der Waals surface area contributed by atoms with Crippen LogP contribution >= 0.6 is 0 Å². The number of carbonyl (C=O) groups excluding carboxylic acids is 1. The average molecular weight is 372 g/mol. The first-order valence-corrected chi connectivity index (χ1v) is 9.07. The smallest absolute Gasteiger partial charge is 0.319 e. The molecule has 0 fully saturated rings. The number of anilines is 1. The number of aliphatic carboxylic acids is 1. The van der Waals surface area contributed by atoms with Gasteiger partial charge in [0.05, 0.1) is 0 Å². The van der Waals surface area contributed by atoms with Crippen LogP contribution in [0.2, 0.25) is 0 Å². The number of carboxylic acid groups (broad SMARTS) is 1. The number of urea groups is 1. The second kappa shape index (κ2) is 8.70. The van der Waals surface area contributed by atoms with Crippen LogP contribution in [-0.4, -0.2) is 32.2 Å². The van der Waals surface area contributed by atoms with Crippen molar-refractivity contribution in [2.75, 3.05) is 5.32 Å². The number of amides is 2. The predicted octanol–water partition coefficient (Wildman–Crippen LogP) is 3.82. The number of hydrogen-bond acceptors (Lipinski definition) is 3. The summed E-state index contributed by atoms with van der Waals surface area (Å²) in [6.07, 6.45) is 4.11. The zero-order valence-electron chi connectivity index (χ0n) is 16.3. The van der Waals surface area contributed by atoms with E-state index in [0.717, 1.165) is 11.4 Å². The lowest BCUT2D eigenvalue weighted by Crippen LogP contribution is -2.45. The molecule has 0 bridgehead atoms. The van der Waals surface area contributed by atoms with Gasteiger partial charge in [0, 0.05) is 42.5 Å². The second-order valence-corrected chi connectivity index (χ2v) is 7.63. The maximum Gasteiger partial charge on any atom is 0.319 e. The molecule has 1 aromatic heterocycles. The Morgan fingerprint density at radius 3 is 2.70 bits per heavy atom. The van der Waals surface area contributed by atoms with Gasteiger partial charge in [-0.1, -0.05) is 26.0 Å². The molecule has 0 spiro atoms. The molecule has 0 unspecified atom stereocenters. The number of hydrogen-bond donors (Lipinski definition) is 3. The van der Waals surface area contributed by atoms with Gasteiger partial charge in [0.25, 0.3) is 0 Å². The maximum absolute atomic E-state index is 12.3. The van der Waals surface area contributed by atoms with E-state index in [4.69, 9.17) is 5.11 Å². The van der Waals surface area contributed by atoms with Crippen molar-refractivity contribution < 1.29 is 14.7 Å². The Morgan fingerprint density at radius 2 is 2.04 bits per heavy atom. The van der Waals surface area contributed by atoms with Gasteiger partial charge in [0.1, 0.15) is 5.82 Å². The van der Waals surface area contributed by atoms with Crippen molar-refractivity contribution in [1.82, 2.24) is 14.9 Å². The summed E-state index contributed by atoms with van der Waals surface area (Å²) >= 11 is 0. The van der Waals surface area contributed by atoms with Crippen LogP contribution in [0, 0.1) is 0 Å². The summed E-state index contributed by atoms with van der Waals surface area (Å²) in [6.45, 7) is 8.49. The number of nitrogens with one attached hydrogen (secondary N) is 2. The number of rotatable bonds is 8. The highest BCUT2D eigenvalue weighted by Gasteiger charge is 2.21. The second-order valence-electron chi connectivity index (χ2n) is 7.63. The highest BCUT2D eigenvalue weighted by atomic mass is 16.4. The lowest BCUT2D eigenvalue weighted by atomic mass is 9.99. The third kappa shape index (κ3) is 6.44. The standard InChI is InChI=1S/C20H28N4O3/c1-14(2)18-21-10-11-24(18)13-15-6-5-7-16(12-15)22-19(27)23-20(3,4)9-8-17(25)26/h5-7,10-12,14H,8-9,13H2,1-4H3,(H,25,26)(H2,22,23,27). The third-order valence-corrected chi connectivity index (χ3v) is 4.22. The fourth-order valence-corrected chi connectivity index (χ4v) is 2.85. The molecule has 7 nitrogen and oxygen atoms in total. The van der Waals surface area contributed by atoms with E-state index in [9.17, 15) is 9.59 Å². The Kier molecular flexibility index (Phi) is 6.60. The highest BCUT2D eigenvalue weighted by molar-refractivity contribution is 5.89. The van der Waals surface area contributed by atoms with E-state index in [1.807, 2.05) is 30.5 Å². The van der Waals surface area contributed by atoms with Crippen LogP contribution in [0.25, 0.3) is 0 Å². The van der Waals surface area contributed by atoms with Crippen LogP contribution in [-0.2, 0) is 11.3 Å². The fraction of sp³-hybridized carbons (Fsp3) is 0.450. The average Bonchev–Trinajstić information content (AvgIpc) is 3.01. The van der Waals surface area contributed by atoms with E-state index in [-0.39, 0.29) is 12.5 Å². The normalized spacial score (nSPS) is 11.4. The molecule has 2 amide bonds. The SMILES string of the molecule is CC(C)c1nccn1Cc1cccc(NC(=O)NC(C)(C)CCC(=O)O)c1. The van der Waals surface area contributed by atoms with Gasteiger partial charge in [-0.2, -0.15) is 0 Å². The zero-order chi connectivity index (χ0) is 20.0. The minimum absolute atomic E-state index is 0.00581. The van der Waals surface area contributed by atoms with Crippen LogP contribution in [0.3, 0.4) is 0 Å². The Labute approximate surface area is 159 Å². The predicted molar refractivity (Wildman–Crippen MR) is 105 cm³/mol. The van der Waals surface area contributed by atoms with Crippen molar-refractivity contribution in [2.45, 2.75) is 58.5 Å². The first-order valence-electron chi connectivity index (χ1n) is 9.07. The van der Waals surface area contributed by atoms with Gasteiger partial charge < -0.3 is 20.3 Å². The van der Waals surface area contributed by atoms with E-state index in [1.165, 1.54) is 0 Å². The molecule has 0 saturated carbocycles. The molecular weight excluding hydrogens is 344 g/mol. The van der Waals surface area contributed by atoms with Gasteiger partial charge in [0.15, 0.2) is 0 Å². The molecular formula is C20H28N4O3. The highest BCUT2D eigenvalue weighted by Crippen LogP contribution is 2.17. The van der Waals surface area contributed by atoms with E-state index < -0.39 is 11.5 Å². The Morgan fingerprint density at radius 1 is 1.30 bits per heavy atom. The van der Waals surface area contributed by atoms with E-state index in [1.54, 1.807) is 20.0 Å². The van der Waals surface area contributed by atoms with Crippen molar-refractivity contribution in [2.24, 2.45) is 0 Å². The number of nitrogens with zero attached hydrogens (tertiary/aromatic N) is 2. The minimum atomic E-state index is -0.877. The van der Waals surface area contributed by atoms with Crippen LogP contribution in [0.15, 0.2) is 36.7 Å². The van der Waals surface area contributed by atoms with Crippen LogP contribution in [0.1, 0.15) is 57.8 Å². The Balaban J connectivity index is 1.99. The summed E-state index contributed by atoms with van der Waals surface area (Å²) in [5.41, 5.74) is 1.13. The van der Waals surface area contributed by atoms with Crippen molar-refractivity contribution in [1.29, 1.82) is 0 Å². The lowest BCUT2D eigenvalue weighted by molar-refractivity contribution is -0.137. The van der Waals surface area contributed by atoms with Gasteiger partial charge in [-0.05, 0) is 38.0 Å². The molecule has 0 aliphatic rings. The summed E-state index contributed by atoms with van der Waals surface area (Å²) < 4.78 is 2.10. The molecule has 2 rings (SSSR count). The summed E-state index contributed by atoms with van der Waals surface area (Å²) in [6, 6.07) is 7.29. The van der Waals surface area contributed by atoms with Crippen molar-refractivity contribution in [3.63, 3.8) is 0 Å². The van der Waals surface area contributed by atoms with Gasteiger partial charge in [-0.3, -0.25) is 4.79 Å². The van der Waals surface area contributed by atoms with Gasteiger partial charge in [-0.25, -0.2) is 9.78 Å². The Hall–Kier alpha value is -2.83. The van der Waals surface area contributed by atoms with Crippen LogP contribution in [0.4, 0.5) is 10.5 Å². The number of imidazole rings is 1. The third-order valence-electron chi connectivity index (χ3n) is 4.22. The lowest BCUT2D eigenvalue weighted by Gasteiger charge is -2.25. The van der Waals surface area contributed by atoms with E-state index in [2.05, 4.69) is 34.0 Å². The fourth-order valence-electron chi connectivity index (χ4n) is 2.85. The molecule has 7 heteroatoms. The number of benzene rings is 1. The maximum atomic E-state index is 12.3. The first-order chi connectivity index (χ1) is 12.7. The number of carbonyl (C=O) groups is 2. The van der Waals surface area contributed by atoms with Crippen molar-refractivity contribution in [3.8, 4) is 0 Å². The largest absolute Gasteiger partial charge is 0.481 e. The van der Waals surface area contributed by atoms with E-state index in [0.29, 0.717) is 24.6 Å². The summed E-state index contributed by atoms with van der Waals surface area (Å²) in [5.74, 6) is 0.477. The molecule has 0 radical (unpaired) electrons. The van der Waals surface area contributed by atoms with Crippen LogP contribution < -0.4 is 10.6 Å². The van der Waals surface area contributed by atoms with Gasteiger partial charge in [0.2, 0.25) is 0 Å². The number of aromatic nitrogens is 2. The Bertz CT molecular complexity index is 796. The molecule has 3 N–H and O–H groups in total. The molecule has 0 aliphatic heterocycles.